The Labute approximate surface area is 119 Å². The number of nitrogens with zero attached hydrogens (tertiary/aromatic N) is 2. The minimum atomic E-state index is -0.438. The van der Waals surface area contributed by atoms with E-state index in [1.54, 1.807) is 12.1 Å². The number of aryl methyl sites for hydroxylation is 1. The molecule has 2 N–H and O–H groups in total. The van der Waals surface area contributed by atoms with Crippen molar-refractivity contribution >= 4 is 35.0 Å². The van der Waals surface area contributed by atoms with Crippen LogP contribution in [0.25, 0.3) is 0 Å². The molecular formula is C12H13N3O2S2. The number of hydrogen-bond acceptors (Lipinski definition) is 7. The van der Waals surface area contributed by atoms with E-state index < -0.39 is 5.97 Å². The van der Waals surface area contributed by atoms with Crippen LogP contribution in [0.4, 0.5) is 5.69 Å². The third-order valence-electron chi connectivity index (χ3n) is 2.43. The van der Waals surface area contributed by atoms with Crippen LogP contribution in [0.15, 0.2) is 27.4 Å². The normalized spacial score (nSPS) is 10.4. The topological polar surface area (TPSA) is 78.1 Å². The molecule has 2 aromatic rings. The third kappa shape index (κ3) is 3.05. The predicted octanol–water partition coefficient (Wildman–Crippen LogP) is 2.62. The van der Waals surface area contributed by atoms with Crippen molar-refractivity contribution in [2.45, 2.75) is 22.6 Å². The maximum absolute atomic E-state index is 11.6. The maximum Gasteiger partial charge on any atom is 0.339 e. The summed E-state index contributed by atoms with van der Waals surface area (Å²) < 4.78 is 9.71. The van der Waals surface area contributed by atoms with Gasteiger partial charge in [-0.15, -0.1) is 0 Å². The summed E-state index contributed by atoms with van der Waals surface area (Å²) in [5, 5.41) is 0. The summed E-state index contributed by atoms with van der Waals surface area (Å²) in [6.07, 6.45) is 0.800. The number of nitrogens with two attached hydrogens (primary N) is 1. The Kier molecular flexibility index (Phi) is 4.39. The molecule has 0 saturated heterocycles. The molecule has 0 spiro atoms. The molecule has 0 aliphatic rings. The summed E-state index contributed by atoms with van der Waals surface area (Å²) in [4.78, 5) is 16.7. The highest BCUT2D eigenvalue weighted by atomic mass is 32.2. The summed E-state index contributed by atoms with van der Waals surface area (Å²) in [5.74, 6) is 0.377. The number of carbonyl (C=O) groups is 1. The van der Waals surface area contributed by atoms with Crippen molar-refractivity contribution in [3.8, 4) is 0 Å². The number of benzene rings is 1. The molecule has 0 bridgehead atoms. The molecule has 1 aromatic carbocycles. The van der Waals surface area contributed by atoms with E-state index in [9.17, 15) is 4.79 Å². The standard InChI is InChI=1S/C12H13N3O2S2/c1-3-9-14-12(19-15-9)18-8-6-4-5-7(10(8)13)11(16)17-2/h4-6H,3,13H2,1-2H3. The van der Waals surface area contributed by atoms with Crippen LogP contribution in [0.3, 0.4) is 0 Å². The van der Waals surface area contributed by atoms with Crippen LogP contribution in [0.5, 0.6) is 0 Å². The number of methoxy groups -OCH3 is 1. The molecular weight excluding hydrogens is 282 g/mol. The van der Waals surface area contributed by atoms with Crippen molar-refractivity contribution in [3.05, 3.63) is 29.6 Å². The first-order chi connectivity index (χ1) is 9.15. The number of carbonyl (C=O) groups excluding carboxylic acids is 1. The average molecular weight is 295 g/mol. The maximum atomic E-state index is 11.6. The van der Waals surface area contributed by atoms with Crippen LogP contribution >= 0.6 is 23.3 Å². The molecule has 0 aliphatic heterocycles. The molecule has 1 heterocycles. The predicted molar refractivity (Wildman–Crippen MR) is 75.6 cm³/mol. The quantitative estimate of drug-likeness (QED) is 0.690. The second-order valence-corrected chi connectivity index (χ2v) is 5.68. The third-order valence-corrected chi connectivity index (χ3v) is 4.30. The molecule has 0 saturated carbocycles. The number of rotatable bonds is 4. The van der Waals surface area contributed by atoms with E-state index in [4.69, 9.17) is 10.5 Å². The van der Waals surface area contributed by atoms with Gasteiger partial charge >= 0.3 is 5.97 Å². The average Bonchev–Trinajstić information content (AvgIpc) is 2.88. The molecule has 100 valence electrons. The van der Waals surface area contributed by atoms with Gasteiger partial charge in [0.25, 0.3) is 0 Å². The fourth-order valence-electron chi connectivity index (χ4n) is 1.44. The highest BCUT2D eigenvalue weighted by molar-refractivity contribution is 8.01. The van der Waals surface area contributed by atoms with Gasteiger partial charge in [0.2, 0.25) is 0 Å². The van der Waals surface area contributed by atoms with Crippen LogP contribution < -0.4 is 5.73 Å². The van der Waals surface area contributed by atoms with Crippen molar-refractivity contribution in [3.63, 3.8) is 0 Å². The van der Waals surface area contributed by atoms with Crippen molar-refractivity contribution < 1.29 is 9.53 Å². The zero-order valence-electron chi connectivity index (χ0n) is 10.5. The fraction of sp³-hybridized carbons (Fsp3) is 0.250. The Balaban J connectivity index is 2.27. The highest BCUT2D eigenvalue weighted by Crippen LogP contribution is 2.34. The van der Waals surface area contributed by atoms with Gasteiger partial charge < -0.3 is 10.5 Å². The van der Waals surface area contributed by atoms with Gasteiger partial charge in [-0.25, -0.2) is 9.78 Å². The molecule has 2 rings (SSSR count). The van der Waals surface area contributed by atoms with Gasteiger partial charge in [-0.2, -0.15) is 4.37 Å². The van der Waals surface area contributed by atoms with Gasteiger partial charge in [0.05, 0.1) is 18.4 Å². The number of aromatic nitrogens is 2. The van der Waals surface area contributed by atoms with Gasteiger partial charge in [-0.3, -0.25) is 0 Å². The summed E-state index contributed by atoms with van der Waals surface area (Å²) in [5.41, 5.74) is 6.76. The Bertz CT molecular complexity index is 598. The highest BCUT2D eigenvalue weighted by Gasteiger charge is 2.14. The number of esters is 1. The lowest BCUT2D eigenvalue weighted by molar-refractivity contribution is 0.0601. The van der Waals surface area contributed by atoms with Crippen LogP contribution in [-0.2, 0) is 11.2 Å². The Morgan fingerprint density at radius 2 is 2.32 bits per heavy atom. The van der Waals surface area contributed by atoms with Crippen LogP contribution in [0, 0.1) is 0 Å². The fourth-order valence-corrected chi connectivity index (χ4v) is 3.17. The van der Waals surface area contributed by atoms with Crippen LogP contribution in [0.2, 0.25) is 0 Å². The smallest absolute Gasteiger partial charge is 0.339 e. The van der Waals surface area contributed by atoms with E-state index in [0.717, 1.165) is 21.5 Å². The molecule has 0 unspecified atom stereocenters. The number of para-hydroxylation sites is 1. The van der Waals surface area contributed by atoms with Crippen molar-refractivity contribution in [2.75, 3.05) is 12.8 Å². The van der Waals surface area contributed by atoms with E-state index in [1.807, 2.05) is 13.0 Å². The van der Waals surface area contributed by atoms with Crippen LogP contribution in [-0.4, -0.2) is 22.4 Å². The van der Waals surface area contributed by atoms with Crippen molar-refractivity contribution in [2.24, 2.45) is 0 Å². The first-order valence-electron chi connectivity index (χ1n) is 5.63. The van der Waals surface area contributed by atoms with Gasteiger partial charge in [-0.05, 0) is 23.7 Å². The lowest BCUT2D eigenvalue weighted by atomic mass is 10.2. The Hall–Kier alpha value is -1.60. The van der Waals surface area contributed by atoms with E-state index in [2.05, 4.69) is 9.36 Å². The van der Waals surface area contributed by atoms with Gasteiger partial charge in [-0.1, -0.05) is 24.8 Å². The molecule has 0 fully saturated rings. The second-order valence-electron chi connectivity index (χ2n) is 3.64. The summed E-state index contributed by atoms with van der Waals surface area (Å²) in [6.45, 7) is 2.00. The van der Waals surface area contributed by atoms with E-state index in [-0.39, 0.29) is 0 Å². The zero-order valence-corrected chi connectivity index (χ0v) is 12.2. The van der Waals surface area contributed by atoms with Gasteiger partial charge in [0.1, 0.15) is 5.82 Å². The Morgan fingerprint density at radius 3 is 2.95 bits per heavy atom. The minimum Gasteiger partial charge on any atom is -0.465 e. The molecule has 5 nitrogen and oxygen atoms in total. The summed E-state index contributed by atoms with van der Waals surface area (Å²) in [6, 6.07) is 5.26. The monoisotopic (exact) mass is 295 g/mol. The lowest BCUT2D eigenvalue weighted by Crippen LogP contribution is -2.06. The van der Waals surface area contributed by atoms with Gasteiger partial charge in [0.15, 0.2) is 4.34 Å². The van der Waals surface area contributed by atoms with E-state index >= 15 is 0 Å². The molecule has 0 aliphatic carbocycles. The van der Waals surface area contributed by atoms with Crippen molar-refractivity contribution in [1.29, 1.82) is 0 Å². The largest absolute Gasteiger partial charge is 0.465 e. The molecule has 19 heavy (non-hydrogen) atoms. The molecule has 0 radical (unpaired) electrons. The molecule has 0 atom stereocenters. The molecule has 1 aromatic heterocycles. The number of hydrogen-bond donors (Lipinski definition) is 1. The first-order valence-corrected chi connectivity index (χ1v) is 7.22. The number of ether oxygens (including phenoxy) is 1. The first kappa shape index (κ1) is 13.8. The van der Waals surface area contributed by atoms with Crippen molar-refractivity contribution in [1.82, 2.24) is 9.36 Å². The second kappa shape index (κ2) is 6.03. The summed E-state index contributed by atoms with van der Waals surface area (Å²) >= 11 is 2.73. The minimum absolute atomic E-state index is 0.368. The zero-order chi connectivity index (χ0) is 13.8. The molecule has 0 amide bonds. The number of anilines is 1. The summed E-state index contributed by atoms with van der Waals surface area (Å²) in [7, 11) is 1.33. The van der Waals surface area contributed by atoms with Crippen LogP contribution in [0.1, 0.15) is 23.1 Å². The Morgan fingerprint density at radius 1 is 1.53 bits per heavy atom. The lowest BCUT2D eigenvalue weighted by Gasteiger charge is -2.07. The van der Waals surface area contributed by atoms with E-state index in [1.165, 1.54) is 30.4 Å². The van der Waals surface area contributed by atoms with Gasteiger partial charge in [0, 0.05) is 11.3 Å². The number of nitrogen functional groups attached to an aromatic ring is 1. The van der Waals surface area contributed by atoms with E-state index in [0.29, 0.717) is 11.3 Å². The molecule has 7 heteroatoms. The SMILES string of the molecule is CCc1nsc(Sc2cccc(C(=O)OC)c2N)n1.